The second-order valence-electron chi connectivity index (χ2n) is 9.54. The van der Waals surface area contributed by atoms with Crippen molar-refractivity contribution in [3.63, 3.8) is 0 Å². The van der Waals surface area contributed by atoms with Crippen molar-refractivity contribution in [2.75, 3.05) is 32.7 Å². The summed E-state index contributed by atoms with van der Waals surface area (Å²) < 4.78 is 0. The molecule has 4 rings (SSSR count). The van der Waals surface area contributed by atoms with E-state index in [0.717, 1.165) is 30.8 Å². The molecule has 7 nitrogen and oxygen atoms in total. The van der Waals surface area contributed by atoms with Crippen LogP contribution in [0.5, 0.6) is 0 Å². The number of benzene rings is 2. The van der Waals surface area contributed by atoms with Crippen molar-refractivity contribution in [2.24, 2.45) is 0 Å². The van der Waals surface area contributed by atoms with E-state index in [0.29, 0.717) is 25.9 Å². The molecule has 2 heterocycles. The Morgan fingerprint density at radius 1 is 0.857 bits per heavy atom. The van der Waals surface area contributed by atoms with Crippen LogP contribution in [0.4, 0.5) is 4.79 Å². The minimum atomic E-state index is -0.863. The summed E-state index contributed by atoms with van der Waals surface area (Å²) in [6, 6.07) is 20.5. The van der Waals surface area contributed by atoms with Crippen LogP contribution in [-0.4, -0.2) is 70.8 Å². The van der Waals surface area contributed by atoms with Gasteiger partial charge in [0.05, 0.1) is 6.04 Å². The molecule has 0 spiro atoms. The van der Waals surface area contributed by atoms with Gasteiger partial charge in [0.1, 0.15) is 12.1 Å². The van der Waals surface area contributed by atoms with Crippen LogP contribution in [0.15, 0.2) is 60.7 Å². The molecular formula is C28H36N4O3. The van der Waals surface area contributed by atoms with E-state index in [9.17, 15) is 14.4 Å². The molecule has 2 aliphatic heterocycles. The number of hydrogen-bond acceptors (Lipinski definition) is 4. The van der Waals surface area contributed by atoms with Crippen LogP contribution in [0.3, 0.4) is 0 Å². The molecule has 2 aromatic rings. The summed E-state index contributed by atoms with van der Waals surface area (Å²) in [6.07, 6.45) is 2.77. The van der Waals surface area contributed by atoms with E-state index in [2.05, 4.69) is 58.7 Å². The molecule has 2 aromatic carbocycles. The van der Waals surface area contributed by atoms with E-state index in [4.69, 9.17) is 0 Å². The molecule has 0 aliphatic carbocycles. The van der Waals surface area contributed by atoms with E-state index in [1.165, 1.54) is 11.1 Å². The summed E-state index contributed by atoms with van der Waals surface area (Å²) >= 11 is 0. The van der Waals surface area contributed by atoms with Crippen LogP contribution < -0.4 is 5.32 Å². The first-order chi connectivity index (χ1) is 17.0. The second-order valence-corrected chi connectivity index (χ2v) is 9.54. The molecule has 0 aromatic heterocycles. The SMILES string of the molecule is CCCC1(CCC)NC(=O)N(CC(=O)N2CCN(C(c3ccccc3)c3ccccc3)CC2)C1=O. The Balaban J connectivity index is 1.41. The number of nitrogens with one attached hydrogen (secondary N) is 1. The van der Waals surface area contributed by atoms with Gasteiger partial charge < -0.3 is 10.2 Å². The molecule has 2 aliphatic rings. The second kappa shape index (κ2) is 11.0. The minimum absolute atomic E-state index is 0.115. The van der Waals surface area contributed by atoms with Crippen molar-refractivity contribution in [3.05, 3.63) is 71.8 Å². The molecule has 186 valence electrons. The molecule has 35 heavy (non-hydrogen) atoms. The maximum atomic E-state index is 13.2. The highest BCUT2D eigenvalue weighted by molar-refractivity contribution is 6.09. The minimum Gasteiger partial charge on any atom is -0.339 e. The lowest BCUT2D eigenvalue weighted by molar-refractivity contribution is -0.140. The molecule has 0 atom stereocenters. The third kappa shape index (κ3) is 5.25. The summed E-state index contributed by atoms with van der Waals surface area (Å²) in [6.45, 7) is 6.37. The van der Waals surface area contributed by atoms with Crippen LogP contribution in [-0.2, 0) is 9.59 Å². The monoisotopic (exact) mass is 476 g/mol. The fraction of sp³-hybridized carbons (Fsp3) is 0.464. The summed E-state index contributed by atoms with van der Waals surface area (Å²) in [5.74, 6) is -0.431. The van der Waals surface area contributed by atoms with Gasteiger partial charge in [-0.25, -0.2) is 4.79 Å². The molecule has 7 heteroatoms. The fourth-order valence-electron chi connectivity index (χ4n) is 5.49. The van der Waals surface area contributed by atoms with Crippen LogP contribution >= 0.6 is 0 Å². The highest BCUT2D eigenvalue weighted by Gasteiger charge is 2.50. The number of carbonyl (C=O) groups is 3. The standard InChI is InChI=1S/C28H36N4O3/c1-3-15-28(16-4-2)26(34)32(27(35)29-28)21-24(33)30-17-19-31(20-18-30)25(22-11-7-5-8-12-22)23-13-9-6-10-14-23/h5-14,25H,3-4,15-21H2,1-2H3,(H,29,35). The Bertz CT molecular complexity index is 974. The Morgan fingerprint density at radius 3 is 1.86 bits per heavy atom. The van der Waals surface area contributed by atoms with Crippen molar-refractivity contribution in [1.29, 1.82) is 0 Å². The van der Waals surface area contributed by atoms with E-state index in [1.54, 1.807) is 4.90 Å². The third-order valence-electron chi connectivity index (χ3n) is 7.16. The number of piperazine rings is 1. The van der Waals surface area contributed by atoms with Gasteiger partial charge in [-0.05, 0) is 24.0 Å². The van der Waals surface area contributed by atoms with Crippen LogP contribution in [0, 0.1) is 0 Å². The van der Waals surface area contributed by atoms with Crippen molar-refractivity contribution in [3.8, 4) is 0 Å². The van der Waals surface area contributed by atoms with Crippen molar-refractivity contribution >= 4 is 17.8 Å². The Kier molecular flexibility index (Phi) is 7.86. The molecular weight excluding hydrogens is 440 g/mol. The number of urea groups is 1. The van der Waals surface area contributed by atoms with Crippen LogP contribution in [0.2, 0.25) is 0 Å². The predicted molar refractivity (Wildman–Crippen MR) is 136 cm³/mol. The smallest absolute Gasteiger partial charge is 0.325 e. The van der Waals surface area contributed by atoms with Crippen LogP contribution in [0.1, 0.15) is 56.7 Å². The van der Waals surface area contributed by atoms with Gasteiger partial charge in [-0.1, -0.05) is 87.4 Å². The first-order valence-electron chi connectivity index (χ1n) is 12.7. The normalized spacial score (nSPS) is 18.3. The topological polar surface area (TPSA) is 73.0 Å². The first-order valence-corrected chi connectivity index (χ1v) is 12.7. The van der Waals surface area contributed by atoms with Crippen molar-refractivity contribution < 1.29 is 14.4 Å². The van der Waals surface area contributed by atoms with E-state index in [1.807, 2.05) is 26.0 Å². The molecule has 2 fully saturated rings. The van der Waals surface area contributed by atoms with Crippen LogP contribution in [0.25, 0.3) is 0 Å². The lowest BCUT2D eigenvalue weighted by Gasteiger charge is -2.40. The van der Waals surface area contributed by atoms with Gasteiger partial charge in [-0.3, -0.25) is 19.4 Å². The first kappa shape index (κ1) is 24.9. The van der Waals surface area contributed by atoms with Crippen molar-refractivity contribution in [1.82, 2.24) is 20.0 Å². The van der Waals surface area contributed by atoms with E-state index >= 15 is 0 Å². The fourth-order valence-corrected chi connectivity index (χ4v) is 5.49. The molecule has 0 saturated carbocycles. The quantitative estimate of drug-likeness (QED) is 0.559. The number of imide groups is 1. The maximum Gasteiger partial charge on any atom is 0.325 e. The zero-order valence-corrected chi connectivity index (χ0v) is 20.8. The largest absolute Gasteiger partial charge is 0.339 e. The average Bonchev–Trinajstić information content (AvgIpc) is 3.10. The molecule has 0 unspecified atom stereocenters. The summed E-state index contributed by atoms with van der Waals surface area (Å²) in [5.41, 5.74) is 1.58. The Morgan fingerprint density at radius 2 is 1.37 bits per heavy atom. The Labute approximate surface area is 208 Å². The molecule has 4 amide bonds. The third-order valence-corrected chi connectivity index (χ3v) is 7.16. The van der Waals surface area contributed by atoms with Crippen molar-refractivity contribution in [2.45, 2.75) is 51.1 Å². The number of amides is 4. The molecule has 0 bridgehead atoms. The summed E-state index contributed by atoms with van der Waals surface area (Å²) in [5, 5.41) is 2.89. The van der Waals surface area contributed by atoms with Gasteiger partial charge in [0, 0.05) is 26.2 Å². The highest BCUT2D eigenvalue weighted by Crippen LogP contribution is 2.30. The predicted octanol–water partition coefficient (Wildman–Crippen LogP) is 3.81. The lowest BCUT2D eigenvalue weighted by atomic mass is 9.88. The lowest BCUT2D eigenvalue weighted by Crippen LogP contribution is -2.53. The van der Waals surface area contributed by atoms with Gasteiger partial charge >= 0.3 is 6.03 Å². The molecule has 2 saturated heterocycles. The summed E-state index contributed by atoms with van der Waals surface area (Å²) in [7, 11) is 0. The van der Waals surface area contributed by atoms with Gasteiger partial charge in [0.25, 0.3) is 5.91 Å². The number of carbonyl (C=O) groups excluding carboxylic acids is 3. The summed E-state index contributed by atoms with van der Waals surface area (Å²) in [4.78, 5) is 44.2. The van der Waals surface area contributed by atoms with E-state index < -0.39 is 11.6 Å². The zero-order chi connectivity index (χ0) is 24.8. The molecule has 1 N–H and O–H groups in total. The van der Waals surface area contributed by atoms with Gasteiger partial charge in [0.15, 0.2) is 0 Å². The van der Waals surface area contributed by atoms with Gasteiger partial charge in [-0.15, -0.1) is 0 Å². The van der Waals surface area contributed by atoms with Gasteiger partial charge in [-0.2, -0.15) is 0 Å². The average molecular weight is 477 g/mol. The number of rotatable bonds is 9. The highest BCUT2D eigenvalue weighted by atomic mass is 16.2. The maximum absolute atomic E-state index is 13.2. The number of nitrogens with zero attached hydrogens (tertiary/aromatic N) is 3. The van der Waals surface area contributed by atoms with E-state index in [-0.39, 0.29) is 24.4 Å². The zero-order valence-electron chi connectivity index (χ0n) is 20.8. The Hall–Kier alpha value is -3.19. The van der Waals surface area contributed by atoms with Gasteiger partial charge in [0.2, 0.25) is 5.91 Å². The molecule has 0 radical (unpaired) electrons. The number of hydrogen-bond donors (Lipinski definition) is 1.